The standard InChI is InChI=1S/C3H2ClF5O/c4-2(6,7)3(8,9)10-1-5/h1H2. The van der Waals surface area contributed by atoms with E-state index in [0.29, 0.717) is 0 Å². The number of ether oxygens (including phenoxy) is 1. The largest absolute Gasteiger partial charge is 0.437 e. The van der Waals surface area contributed by atoms with Crippen molar-refractivity contribution in [1.29, 1.82) is 0 Å². The highest BCUT2D eigenvalue weighted by Crippen LogP contribution is 2.38. The Kier molecular flexibility index (Phi) is 2.85. The quantitative estimate of drug-likeness (QED) is 0.483. The summed E-state index contributed by atoms with van der Waals surface area (Å²) in [6, 6.07) is 0. The summed E-state index contributed by atoms with van der Waals surface area (Å²) >= 11 is 3.83. The van der Waals surface area contributed by atoms with E-state index in [2.05, 4.69) is 16.3 Å². The molecule has 62 valence electrons. The van der Waals surface area contributed by atoms with Crippen LogP contribution in [0.25, 0.3) is 0 Å². The predicted molar refractivity (Wildman–Crippen MR) is 22.8 cm³/mol. The van der Waals surface area contributed by atoms with Crippen molar-refractivity contribution in [3.8, 4) is 0 Å². The molecule has 10 heavy (non-hydrogen) atoms. The first kappa shape index (κ1) is 9.90. The molecule has 0 aromatic heterocycles. The van der Waals surface area contributed by atoms with Crippen LogP contribution in [0.15, 0.2) is 0 Å². The Bertz CT molecular complexity index is 110. The third-order valence-electron chi connectivity index (χ3n) is 0.566. The van der Waals surface area contributed by atoms with E-state index in [0.717, 1.165) is 0 Å². The Balaban J connectivity index is 4.10. The maximum absolute atomic E-state index is 11.6. The first-order valence-corrected chi connectivity index (χ1v) is 2.33. The van der Waals surface area contributed by atoms with E-state index in [1.54, 1.807) is 0 Å². The summed E-state index contributed by atoms with van der Waals surface area (Å²) < 4.78 is 59.6. The van der Waals surface area contributed by atoms with E-state index in [1.165, 1.54) is 0 Å². The van der Waals surface area contributed by atoms with Gasteiger partial charge >= 0.3 is 11.5 Å². The summed E-state index contributed by atoms with van der Waals surface area (Å²) in [7, 11) is 0. The Morgan fingerprint density at radius 1 is 1.20 bits per heavy atom. The lowest BCUT2D eigenvalue weighted by molar-refractivity contribution is -0.328. The molecular formula is C3H2ClF5O. The van der Waals surface area contributed by atoms with Crippen LogP contribution >= 0.6 is 11.6 Å². The van der Waals surface area contributed by atoms with Crippen molar-refractivity contribution in [2.75, 3.05) is 6.86 Å². The van der Waals surface area contributed by atoms with Gasteiger partial charge in [0.2, 0.25) is 0 Å². The molecule has 0 aliphatic carbocycles. The molecule has 0 fully saturated rings. The second kappa shape index (κ2) is 2.87. The summed E-state index contributed by atoms with van der Waals surface area (Å²) in [5.74, 6) is 0. The van der Waals surface area contributed by atoms with Crippen LogP contribution in [-0.4, -0.2) is 18.4 Å². The molecule has 0 saturated carbocycles. The zero-order valence-corrected chi connectivity index (χ0v) is 5.14. The molecule has 0 aliphatic heterocycles. The van der Waals surface area contributed by atoms with E-state index >= 15 is 0 Å². The van der Waals surface area contributed by atoms with Gasteiger partial charge in [-0.15, -0.1) is 0 Å². The van der Waals surface area contributed by atoms with Crippen LogP contribution in [0.5, 0.6) is 0 Å². The van der Waals surface area contributed by atoms with Gasteiger partial charge in [0, 0.05) is 0 Å². The van der Waals surface area contributed by atoms with Crippen LogP contribution in [0.4, 0.5) is 22.0 Å². The fraction of sp³-hybridized carbons (Fsp3) is 1.00. The maximum atomic E-state index is 11.6. The lowest BCUT2D eigenvalue weighted by Gasteiger charge is -2.18. The molecule has 7 heteroatoms. The lowest BCUT2D eigenvalue weighted by Crippen LogP contribution is -2.37. The van der Waals surface area contributed by atoms with Gasteiger partial charge in [-0.25, -0.2) is 4.39 Å². The zero-order chi connectivity index (χ0) is 8.41. The molecule has 0 radical (unpaired) electrons. The Hall–Kier alpha value is -0.100. The van der Waals surface area contributed by atoms with Crippen molar-refractivity contribution >= 4 is 11.6 Å². The van der Waals surface area contributed by atoms with Crippen molar-refractivity contribution in [1.82, 2.24) is 0 Å². The summed E-state index contributed by atoms with van der Waals surface area (Å²) in [4.78, 5) is 0. The minimum absolute atomic E-state index is 2.02. The Labute approximate surface area is 57.7 Å². The van der Waals surface area contributed by atoms with Crippen molar-refractivity contribution in [3.05, 3.63) is 0 Å². The lowest BCUT2D eigenvalue weighted by atomic mass is 10.6. The number of halogens is 6. The first-order valence-electron chi connectivity index (χ1n) is 1.95. The van der Waals surface area contributed by atoms with Crippen LogP contribution in [0.2, 0.25) is 0 Å². The van der Waals surface area contributed by atoms with E-state index in [4.69, 9.17) is 0 Å². The third kappa shape index (κ3) is 2.26. The summed E-state index contributed by atoms with van der Waals surface area (Å²) in [6.07, 6.45) is -4.96. The van der Waals surface area contributed by atoms with Gasteiger partial charge in [0.25, 0.3) is 0 Å². The van der Waals surface area contributed by atoms with Crippen molar-refractivity contribution < 1.29 is 26.7 Å². The fourth-order valence-electron chi connectivity index (χ4n) is 0.150. The summed E-state index contributed by atoms with van der Waals surface area (Å²) in [5.41, 5.74) is 0. The number of hydrogen-bond acceptors (Lipinski definition) is 1. The van der Waals surface area contributed by atoms with Gasteiger partial charge in [0.15, 0.2) is 6.86 Å². The van der Waals surface area contributed by atoms with Crippen molar-refractivity contribution in [2.45, 2.75) is 11.5 Å². The van der Waals surface area contributed by atoms with Crippen LogP contribution in [0.1, 0.15) is 0 Å². The second-order valence-electron chi connectivity index (χ2n) is 1.27. The summed E-state index contributed by atoms with van der Waals surface area (Å²) in [5, 5.41) is -4.88. The van der Waals surface area contributed by atoms with Crippen LogP contribution in [0, 0.1) is 0 Å². The minimum Gasteiger partial charge on any atom is -0.283 e. The molecule has 0 N–H and O–H groups in total. The van der Waals surface area contributed by atoms with Gasteiger partial charge in [0.05, 0.1) is 0 Å². The van der Waals surface area contributed by atoms with E-state index in [9.17, 15) is 22.0 Å². The smallest absolute Gasteiger partial charge is 0.283 e. The molecule has 0 rings (SSSR count). The molecule has 0 aromatic rings. The van der Waals surface area contributed by atoms with Gasteiger partial charge in [-0.05, 0) is 11.6 Å². The normalized spacial score (nSPS) is 13.8. The third-order valence-corrected chi connectivity index (χ3v) is 0.786. The van der Waals surface area contributed by atoms with Gasteiger partial charge in [-0.2, -0.15) is 17.6 Å². The highest BCUT2D eigenvalue weighted by atomic mass is 35.5. The maximum Gasteiger partial charge on any atom is 0.437 e. The Morgan fingerprint density at radius 2 is 1.60 bits per heavy atom. The molecule has 1 nitrogen and oxygen atoms in total. The molecule has 0 saturated heterocycles. The SMILES string of the molecule is FCOC(F)(F)C(F)(F)Cl. The second-order valence-corrected chi connectivity index (χ2v) is 1.74. The zero-order valence-electron chi connectivity index (χ0n) is 4.38. The number of hydrogen-bond donors (Lipinski definition) is 0. The molecular weight excluding hydrogens is 182 g/mol. The van der Waals surface area contributed by atoms with Gasteiger partial charge in [0.1, 0.15) is 0 Å². The monoisotopic (exact) mass is 184 g/mol. The minimum atomic E-state index is -4.96. The average molecular weight is 184 g/mol. The van der Waals surface area contributed by atoms with Gasteiger partial charge in [-0.3, -0.25) is 4.74 Å². The van der Waals surface area contributed by atoms with E-state index in [-0.39, 0.29) is 0 Å². The molecule has 0 aromatic carbocycles. The average Bonchev–Trinajstić information content (AvgIpc) is 1.61. The predicted octanol–water partition coefficient (Wildman–Crippen LogP) is 2.35. The molecule has 0 amide bonds. The van der Waals surface area contributed by atoms with Gasteiger partial charge in [-0.1, -0.05) is 0 Å². The topological polar surface area (TPSA) is 9.23 Å². The highest BCUT2D eigenvalue weighted by Gasteiger charge is 2.57. The molecule has 0 bridgehead atoms. The van der Waals surface area contributed by atoms with Crippen LogP contribution in [0.3, 0.4) is 0 Å². The van der Waals surface area contributed by atoms with E-state index in [1.807, 2.05) is 0 Å². The van der Waals surface area contributed by atoms with E-state index < -0.39 is 18.4 Å². The van der Waals surface area contributed by atoms with Crippen LogP contribution < -0.4 is 0 Å². The first-order chi connectivity index (χ1) is 4.31. The molecule has 0 unspecified atom stereocenters. The molecule has 0 atom stereocenters. The molecule has 0 aliphatic rings. The van der Waals surface area contributed by atoms with Crippen LogP contribution in [-0.2, 0) is 4.74 Å². The number of alkyl halides is 6. The van der Waals surface area contributed by atoms with Gasteiger partial charge < -0.3 is 0 Å². The highest BCUT2D eigenvalue weighted by molar-refractivity contribution is 6.22. The Morgan fingerprint density at radius 3 is 1.70 bits per heavy atom. The molecule has 0 spiro atoms. The summed E-state index contributed by atoms with van der Waals surface area (Å²) in [6.45, 7) is -2.02. The fourth-order valence-corrected chi connectivity index (χ4v) is 0.205. The molecule has 0 heterocycles. The van der Waals surface area contributed by atoms with Crippen molar-refractivity contribution in [3.63, 3.8) is 0 Å². The number of rotatable bonds is 3. The van der Waals surface area contributed by atoms with Crippen molar-refractivity contribution in [2.24, 2.45) is 0 Å².